The second-order valence-electron chi connectivity index (χ2n) is 4.15. The van der Waals surface area contributed by atoms with E-state index in [0.29, 0.717) is 5.56 Å². The number of hydrogen-bond donors (Lipinski definition) is 2. The van der Waals surface area contributed by atoms with Crippen LogP contribution < -0.4 is 11.1 Å². The minimum Gasteiger partial charge on any atom is -0.384 e. The number of rotatable bonds is 3. The van der Waals surface area contributed by atoms with Gasteiger partial charge >= 0.3 is 6.18 Å². The Labute approximate surface area is 112 Å². The van der Waals surface area contributed by atoms with Crippen LogP contribution in [0.25, 0.3) is 0 Å². The Morgan fingerprint density at radius 1 is 1.15 bits per heavy atom. The predicted molar refractivity (Wildman–Crippen MR) is 67.4 cm³/mol. The van der Waals surface area contributed by atoms with Gasteiger partial charge in [-0.3, -0.25) is 0 Å². The van der Waals surface area contributed by atoms with Crippen LogP contribution in [0.4, 0.5) is 29.2 Å². The van der Waals surface area contributed by atoms with Gasteiger partial charge in [-0.2, -0.15) is 13.2 Å². The Balaban J connectivity index is 2.16. The van der Waals surface area contributed by atoms with Gasteiger partial charge in [-0.25, -0.2) is 9.37 Å². The highest BCUT2D eigenvalue weighted by atomic mass is 19.4. The van der Waals surface area contributed by atoms with Crippen LogP contribution in [-0.2, 0) is 12.7 Å². The van der Waals surface area contributed by atoms with Crippen molar-refractivity contribution in [1.82, 2.24) is 4.98 Å². The highest BCUT2D eigenvalue weighted by Gasteiger charge is 2.31. The van der Waals surface area contributed by atoms with Crippen molar-refractivity contribution in [3.63, 3.8) is 0 Å². The van der Waals surface area contributed by atoms with Gasteiger partial charge in [0.05, 0.1) is 5.56 Å². The average Bonchev–Trinajstić information content (AvgIpc) is 2.35. The first-order valence-electron chi connectivity index (χ1n) is 5.67. The lowest BCUT2D eigenvalue weighted by atomic mass is 10.2. The zero-order valence-corrected chi connectivity index (χ0v) is 10.2. The summed E-state index contributed by atoms with van der Waals surface area (Å²) in [5.74, 6) is -0.663. The van der Waals surface area contributed by atoms with Gasteiger partial charge in [0.1, 0.15) is 17.5 Å². The van der Waals surface area contributed by atoms with Crippen LogP contribution in [-0.4, -0.2) is 4.98 Å². The summed E-state index contributed by atoms with van der Waals surface area (Å²) >= 11 is 0. The largest absolute Gasteiger partial charge is 0.416 e. The molecule has 1 heterocycles. The quantitative estimate of drug-likeness (QED) is 0.849. The monoisotopic (exact) mass is 285 g/mol. The summed E-state index contributed by atoms with van der Waals surface area (Å²) in [6, 6.07) is 7.34. The van der Waals surface area contributed by atoms with Crippen LogP contribution in [0.5, 0.6) is 0 Å². The summed E-state index contributed by atoms with van der Waals surface area (Å²) in [6.45, 7) is 0.144. The molecule has 1 aromatic carbocycles. The molecule has 0 bridgehead atoms. The maximum Gasteiger partial charge on any atom is 0.416 e. The van der Waals surface area contributed by atoms with Crippen molar-refractivity contribution in [2.24, 2.45) is 0 Å². The van der Waals surface area contributed by atoms with E-state index in [4.69, 9.17) is 5.73 Å². The Morgan fingerprint density at radius 3 is 2.55 bits per heavy atom. The van der Waals surface area contributed by atoms with Crippen LogP contribution in [0.15, 0.2) is 36.4 Å². The lowest BCUT2D eigenvalue weighted by Gasteiger charge is -2.11. The number of aromatic nitrogens is 1. The van der Waals surface area contributed by atoms with Crippen molar-refractivity contribution in [3.8, 4) is 0 Å². The molecule has 0 aliphatic carbocycles. The van der Waals surface area contributed by atoms with E-state index < -0.39 is 17.6 Å². The van der Waals surface area contributed by atoms with Crippen molar-refractivity contribution in [2.75, 3.05) is 11.1 Å². The molecule has 3 nitrogen and oxygen atoms in total. The molecule has 0 saturated heterocycles. The van der Waals surface area contributed by atoms with Crippen LogP contribution in [0.1, 0.15) is 11.1 Å². The minimum atomic E-state index is -4.49. The van der Waals surface area contributed by atoms with E-state index in [2.05, 4.69) is 10.3 Å². The third-order valence-corrected chi connectivity index (χ3v) is 2.54. The molecule has 20 heavy (non-hydrogen) atoms. The number of nitrogens with two attached hydrogens (primary N) is 1. The lowest BCUT2D eigenvalue weighted by Crippen LogP contribution is -2.09. The van der Waals surface area contributed by atoms with Gasteiger partial charge in [0.15, 0.2) is 0 Å². The normalized spacial score (nSPS) is 11.4. The molecule has 7 heteroatoms. The summed E-state index contributed by atoms with van der Waals surface area (Å²) in [5.41, 5.74) is 5.04. The van der Waals surface area contributed by atoms with Gasteiger partial charge in [0, 0.05) is 6.54 Å². The maximum absolute atomic E-state index is 13.0. The topological polar surface area (TPSA) is 50.9 Å². The molecule has 0 atom stereocenters. The van der Waals surface area contributed by atoms with Gasteiger partial charge in [-0.1, -0.05) is 12.1 Å². The van der Waals surface area contributed by atoms with Crippen LogP contribution >= 0.6 is 0 Å². The first-order chi connectivity index (χ1) is 9.34. The molecule has 0 aliphatic rings. The first kappa shape index (κ1) is 14.1. The summed E-state index contributed by atoms with van der Waals surface area (Å²) in [4.78, 5) is 3.76. The lowest BCUT2D eigenvalue weighted by molar-refractivity contribution is -0.137. The number of hydrogen-bond acceptors (Lipinski definition) is 3. The number of anilines is 2. The van der Waals surface area contributed by atoms with Crippen LogP contribution in [0.2, 0.25) is 0 Å². The number of pyridine rings is 1. The smallest absolute Gasteiger partial charge is 0.384 e. The average molecular weight is 285 g/mol. The van der Waals surface area contributed by atoms with E-state index in [-0.39, 0.29) is 18.2 Å². The van der Waals surface area contributed by atoms with Gasteiger partial charge in [0.2, 0.25) is 0 Å². The fourth-order valence-electron chi connectivity index (χ4n) is 1.65. The second-order valence-corrected chi connectivity index (χ2v) is 4.15. The minimum absolute atomic E-state index is 0.0124. The molecule has 1 aromatic heterocycles. The van der Waals surface area contributed by atoms with Crippen molar-refractivity contribution in [3.05, 3.63) is 53.3 Å². The Morgan fingerprint density at radius 2 is 1.90 bits per heavy atom. The molecule has 0 radical (unpaired) electrons. The van der Waals surface area contributed by atoms with Crippen molar-refractivity contribution < 1.29 is 17.6 Å². The fourth-order valence-corrected chi connectivity index (χ4v) is 1.65. The molecule has 2 aromatic rings. The molecule has 3 N–H and O–H groups in total. The van der Waals surface area contributed by atoms with E-state index >= 15 is 0 Å². The number of halogens is 4. The number of benzene rings is 1. The number of nitrogens with zero attached hydrogens (tertiary/aromatic N) is 1. The fraction of sp³-hybridized carbons (Fsp3) is 0.154. The summed E-state index contributed by atoms with van der Waals surface area (Å²) in [7, 11) is 0. The SMILES string of the molecule is Nc1cc(C(F)(F)F)cc(NCc2cccc(F)c2)n1. The Hall–Kier alpha value is -2.31. The standard InChI is InChI=1S/C13H11F4N3/c14-10-3-1-2-8(4-10)7-19-12-6-9(13(15,16)17)5-11(18)20-12/h1-6H,7H2,(H3,18,19,20). The van der Waals surface area contributed by atoms with E-state index in [9.17, 15) is 17.6 Å². The van der Waals surface area contributed by atoms with Crippen molar-refractivity contribution >= 4 is 11.6 Å². The van der Waals surface area contributed by atoms with Gasteiger partial charge in [0.25, 0.3) is 0 Å². The Kier molecular flexibility index (Phi) is 3.78. The summed E-state index contributed by atoms with van der Waals surface area (Å²) in [6.07, 6.45) is -4.49. The van der Waals surface area contributed by atoms with Crippen molar-refractivity contribution in [1.29, 1.82) is 0 Å². The van der Waals surface area contributed by atoms with Crippen molar-refractivity contribution in [2.45, 2.75) is 12.7 Å². The summed E-state index contributed by atoms with van der Waals surface area (Å²) in [5, 5.41) is 2.68. The third-order valence-electron chi connectivity index (χ3n) is 2.54. The predicted octanol–water partition coefficient (Wildman–Crippen LogP) is 3.43. The van der Waals surface area contributed by atoms with E-state index in [1.807, 2.05) is 0 Å². The number of nitrogens with one attached hydrogen (secondary N) is 1. The maximum atomic E-state index is 13.0. The zero-order valence-electron chi connectivity index (χ0n) is 10.2. The summed E-state index contributed by atoms with van der Waals surface area (Å²) < 4.78 is 50.8. The van der Waals surface area contributed by atoms with E-state index in [0.717, 1.165) is 12.1 Å². The number of nitrogen functional groups attached to an aromatic ring is 1. The third kappa shape index (κ3) is 3.59. The van der Waals surface area contributed by atoms with Crippen LogP contribution in [0, 0.1) is 5.82 Å². The molecular weight excluding hydrogens is 274 g/mol. The molecule has 0 aliphatic heterocycles. The van der Waals surface area contributed by atoms with E-state index in [1.54, 1.807) is 6.07 Å². The highest BCUT2D eigenvalue weighted by molar-refractivity contribution is 5.47. The molecule has 0 unspecified atom stereocenters. The van der Waals surface area contributed by atoms with Gasteiger partial charge < -0.3 is 11.1 Å². The molecule has 0 fully saturated rings. The van der Waals surface area contributed by atoms with Gasteiger partial charge in [-0.15, -0.1) is 0 Å². The Bertz CT molecular complexity index is 611. The highest BCUT2D eigenvalue weighted by Crippen LogP contribution is 2.31. The van der Waals surface area contributed by atoms with Gasteiger partial charge in [-0.05, 0) is 29.8 Å². The van der Waals surface area contributed by atoms with E-state index in [1.165, 1.54) is 18.2 Å². The molecule has 2 rings (SSSR count). The molecule has 0 saturated carbocycles. The molecule has 106 valence electrons. The molecular formula is C13H11F4N3. The molecule has 0 spiro atoms. The zero-order chi connectivity index (χ0) is 14.8. The second kappa shape index (κ2) is 5.36. The molecule has 0 amide bonds. The first-order valence-corrected chi connectivity index (χ1v) is 5.67. The van der Waals surface area contributed by atoms with Crippen LogP contribution in [0.3, 0.4) is 0 Å². The number of alkyl halides is 3.